The van der Waals surface area contributed by atoms with Crippen LogP contribution in [0.1, 0.15) is 41.0 Å². The molecule has 0 aromatic rings. The van der Waals surface area contributed by atoms with E-state index in [2.05, 4.69) is 5.32 Å². The van der Waals surface area contributed by atoms with Gasteiger partial charge >= 0.3 is 5.97 Å². The molecule has 4 heteroatoms. The second-order valence-corrected chi connectivity index (χ2v) is 4.05. The summed E-state index contributed by atoms with van der Waals surface area (Å²) in [6.07, 6.45) is 0.663. The maximum Gasteiger partial charge on any atom is 0.329 e. The van der Waals surface area contributed by atoms with Gasteiger partial charge in [0, 0.05) is 6.92 Å². The van der Waals surface area contributed by atoms with Crippen molar-refractivity contribution in [3.63, 3.8) is 0 Å². The predicted molar refractivity (Wildman–Crippen MR) is 58.3 cm³/mol. The SMILES string of the molecule is CCC(C)C(NC(C)=O)C(=O)OC(C)C. The molecule has 0 aliphatic carbocycles. The fourth-order valence-electron chi connectivity index (χ4n) is 1.19. The largest absolute Gasteiger partial charge is 0.461 e. The van der Waals surface area contributed by atoms with Gasteiger partial charge in [-0.15, -0.1) is 0 Å². The van der Waals surface area contributed by atoms with Crippen molar-refractivity contribution in [1.29, 1.82) is 0 Å². The Labute approximate surface area is 91.4 Å². The summed E-state index contributed by atoms with van der Waals surface area (Å²) >= 11 is 0. The normalized spacial score (nSPS) is 14.5. The maximum absolute atomic E-state index is 11.7. The third-order valence-corrected chi connectivity index (χ3v) is 2.18. The van der Waals surface area contributed by atoms with Gasteiger partial charge in [0.15, 0.2) is 0 Å². The fraction of sp³-hybridized carbons (Fsp3) is 0.818. The zero-order valence-electron chi connectivity index (χ0n) is 10.2. The topological polar surface area (TPSA) is 55.4 Å². The number of carbonyl (C=O) groups is 2. The van der Waals surface area contributed by atoms with Crippen LogP contribution in [0.5, 0.6) is 0 Å². The standard InChI is InChI=1S/C11H21NO3/c1-6-8(4)10(12-9(5)13)11(14)15-7(2)3/h7-8,10H,6H2,1-5H3,(H,12,13). The van der Waals surface area contributed by atoms with Gasteiger partial charge in [-0.1, -0.05) is 20.3 Å². The molecule has 1 N–H and O–H groups in total. The predicted octanol–water partition coefficient (Wildman–Crippen LogP) is 1.49. The minimum atomic E-state index is -0.532. The summed E-state index contributed by atoms with van der Waals surface area (Å²) in [5, 5.41) is 2.62. The van der Waals surface area contributed by atoms with E-state index in [-0.39, 0.29) is 23.9 Å². The maximum atomic E-state index is 11.7. The number of hydrogen-bond acceptors (Lipinski definition) is 3. The molecule has 0 saturated carbocycles. The van der Waals surface area contributed by atoms with Crippen LogP contribution in [0.2, 0.25) is 0 Å². The van der Waals surface area contributed by atoms with E-state index in [9.17, 15) is 9.59 Å². The number of hydrogen-bond donors (Lipinski definition) is 1. The Hall–Kier alpha value is -1.06. The third-order valence-electron chi connectivity index (χ3n) is 2.18. The Kier molecular flexibility index (Phi) is 5.97. The Morgan fingerprint density at radius 2 is 1.80 bits per heavy atom. The molecule has 15 heavy (non-hydrogen) atoms. The summed E-state index contributed by atoms with van der Waals surface area (Å²) in [4.78, 5) is 22.6. The first-order valence-corrected chi connectivity index (χ1v) is 5.36. The second-order valence-electron chi connectivity index (χ2n) is 4.05. The Morgan fingerprint density at radius 3 is 2.13 bits per heavy atom. The average molecular weight is 215 g/mol. The molecule has 1 amide bonds. The van der Waals surface area contributed by atoms with Gasteiger partial charge in [-0.25, -0.2) is 4.79 Å². The quantitative estimate of drug-likeness (QED) is 0.707. The molecule has 0 spiro atoms. The number of carbonyl (C=O) groups excluding carboxylic acids is 2. The molecule has 0 radical (unpaired) electrons. The molecule has 88 valence electrons. The molecule has 0 rings (SSSR count). The fourth-order valence-corrected chi connectivity index (χ4v) is 1.19. The highest BCUT2D eigenvalue weighted by Gasteiger charge is 2.26. The number of rotatable bonds is 5. The smallest absolute Gasteiger partial charge is 0.329 e. The first-order valence-electron chi connectivity index (χ1n) is 5.36. The zero-order chi connectivity index (χ0) is 12.0. The molecule has 0 fully saturated rings. The lowest BCUT2D eigenvalue weighted by Gasteiger charge is -2.23. The van der Waals surface area contributed by atoms with Crippen molar-refractivity contribution < 1.29 is 14.3 Å². The van der Waals surface area contributed by atoms with Crippen molar-refractivity contribution in [3.05, 3.63) is 0 Å². The molecule has 0 aliphatic heterocycles. The molecule has 2 unspecified atom stereocenters. The van der Waals surface area contributed by atoms with E-state index in [0.717, 1.165) is 6.42 Å². The van der Waals surface area contributed by atoms with Crippen molar-refractivity contribution in [2.75, 3.05) is 0 Å². The number of esters is 1. The highest BCUT2D eigenvalue weighted by atomic mass is 16.5. The van der Waals surface area contributed by atoms with Crippen LogP contribution in [-0.2, 0) is 14.3 Å². The van der Waals surface area contributed by atoms with Crippen LogP contribution >= 0.6 is 0 Å². The van der Waals surface area contributed by atoms with E-state index in [0.29, 0.717) is 0 Å². The van der Waals surface area contributed by atoms with Crippen LogP contribution in [0.4, 0.5) is 0 Å². The second kappa shape index (κ2) is 6.43. The summed E-state index contributed by atoms with van der Waals surface area (Å²) in [5.41, 5.74) is 0. The van der Waals surface area contributed by atoms with Crippen LogP contribution < -0.4 is 5.32 Å². The Balaban J connectivity index is 4.47. The summed E-state index contributed by atoms with van der Waals surface area (Å²) in [6.45, 7) is 8.88. The summed E-state index contributed by atoms with van der Waals surface area (Å²) < 4.78 is 5.08. The van der Waals surface area contributed by atoms with Gasteiger partial charge < -0.3 is 10.1 Å². The molecular weight excluding hydrogens is 194 g/mol. The molecular formula is C11H21NO3. The lowest BCUT2D eigenvalue weighted by atomic mass is 9.99. The van der Waals surface area contributed by atoms with Gasteiger partial charge in [-0.3, -0.25) is 4.79 Å². The van der Waals surface area contributed by atoms with E-state index >= 15 is 0 Å². The first-order chi connectivity index (χ1) is 6.88. The number of ether oxygens (including phenoxy) is 1. The minimum absolute atomic E-state index is 0.0835. The zero-order valence-corrected chi connectivity index (χ0v) is 10.2. The molecule has 0 aromatic carbocycles. The lowest BCUT2D eigenvalue weighted by molar-refractivity contribution is -0.152. The Bertz CT molecular complexity index is 226. The van der Waals surface area contributed by atoms with Gasteiger partial charge in [0.05, 0.1) is 6.10 Å². The van der Waals surface area contributed by atoms with Crippen LogP contribution in [0.15, 0.2) is 0 Å². The van der Waals surface area contributed by atoms with E-state index < -0.39 is 6.04 Å². The molecule has 0 aliphatic rings. The lowest BCUT2D eigenvalue weighted by Crippen LogP contribution is -2.45. The van der Waals surface area contributed by atoms with Crippen LogP contribution in [0.3, 0.4) is 0 Å². The van der Waals surface area contributed by atoms with Gasteiger partial charge in [-0.2, -0.15) is 0 Å². The molecule has 0 saturated heterocycles. The minimum Gasteiger partial charge on any atom is -0.461 e. The molecule has 0 heterocycles. The molecule has 0 bridgehead atoms. The highest BCUT2D eigenvalue weighted by molar-refractivity contribution is 5.83. The van der Waals surface area contributed by atoms with Gasteiger partial charge in [0.25, 0.3) is 0 Å². The van der Waals surface area contributed by atoms with Crippen LogP contribution in [-0.4, -0.2) is 24.0 Å². The van der Waals surface area contributed by atoms with E-state index in [1.54, 1.807) is 13.8 Å². The molecule has 4 nitrogen and oxygen atoms in total. The first kappa shape index (κ1) is 13.9. The van der Waals surface area contributed by atoms with Crippen LogP contribution in [0, 0.1) is 5.92 Å². The van der Waals surface area contributed by atoms with Gasteiger partial charge in [-0.05, 0) is 19.8 Å². The van der Waals surface area contributed by atoms with Crippen molar-refractivity contribution in [1.82, 2.24) is 5.32 Å². The number of amides is 1. The third kappa shape index (κ3) is 5.40. The monoisotopic (exact) mass is 215 g/mol. The van der Waals surface area contributed by atoms with E-state index in [1.807, 2.05) is 13.8 Å². The molecule has 0 aromatic heterocycles. The van der Waals surface area contributed by atoms with Crippen molar-refractivity contribution in [3.8, 4) is 0 Å². The van der Waals surface area contributed by atoms with Crippen molar-refractivity contribution in [2.24, 2.45) is 5.92 Å². The Morgan fingerprint density at radius 1 is 1.27 bits per heavy atom. The average Bonchev–Trinajstić information content (AvgIpc) is 2.11. The van der Waals surface area contributed by atoms with Gasteiger partial charge in [0.1, 0.15) is 6.04 Å². The summed E-state index contributed by atoms with van der Waals surface area (Å²) in [6, 6.07) is -0.532. The van der Waals surface area contributed by atoms with Crippen molar-refractivity contribution in [2.45, 2.75) is 53.2 Å². The molecule has 2 atom stereocenters. The summed E-state index contributed by atoms with van der Waals surface area (Å²) in [7, 11) is 0. The number of nitrogens with one attached hydrogen (secondary N) is 1. The van der Waals surface area contributed by atoms with E-state index in [4.69, 9.17) is 4.74 Å². The van der Waals surface area contributed by atoms with Crippen molar-refractivity contribution >= 4 is 11.9 Å². The highest BCUT2D eigenvalue weighted by Crippen LogP contribution is 2.10. The van der Waals surface area contributed by atoms with Gasteiger partial charge in [0.2, 0.25) is 5.91 Å². The summed E-state index contributed by atoms with van der Waals surface area (Å²) in [5.74, 6) is -0.476. The van der Waals surface area contributed by atoms with E-state index in [1.165, 1.54) is 6.92 Å². The van der Waals surface area contributed by atoms with Crippen LogP contribution in [0.25, 0.3) is 0 Å².